The minimum absolute atomic E-state index is 0.0304. The van der Waals surface area contributed by atoms with Gasteiger partial charge in [0.2, 0.25) is 0 Å². The minimum Gasteiger partial charge on any atom is -0.466 e. The highest BCUT2D eigenvalue weighted by Crippen LogP contribution is 2.17. The zero-order valence-electron chi connectivity index (χ0n) is 33.0. The van der Waals surface area contributed by atoms with Crippen molar-refractivity contribution in [3.05, 3.63) is 0 Å². The van der Waals surface area contributed by atoms with Crippen LogP contribution in [-0.2, 0) is 9.53 Å². The Labute approximate surface area is 298 Å². The van der Waals surface area contributed by atoms with Crippen molar-refractivity contribution >= 4 is 5.97 Å². The lowest BCUT2D eigenvalue weighted by atomic mass is 10.0. The maximum Gasteiger partial charge on any atom is 0.305 e. The number of ether oxygens (including phenoxy) is 1. The van der Waals surface area contributed by atoms with E-state index in [-0.39, 0.29) is 5.97 Å². The lowest BCUT2D eigenvalue weighted by Crippen LogP contribution is -2.05. The van der Waals surface area contributed by atoms with Gasteiger partial charge in [-0.2, -0.15) is 0 Å². The van der Waals surface area contributed by atoms with Crippen LogP contribution in [0, 0.1) is 0 Å². The van der Waals surface area contributed by atoms with Crippen LogP contribution in [0.2, 0.25) is 0 Å². The van der Waals surface area contributed by atoms with Gasteiger partial charge in [0.1, 0.15) is 0 Å². The molecule has 0 radical (unpaired) electrons. The van der Waals surface area contributed by atoms with Crippen LogP contribution in [0.3, 0.4) is 0 Å². The van der Waals surface area contributed by atoms with E-state index in [0.717, 1.165) is 12.8 Å². The van der Waals surface area contributed by atoms with Crippen molar-refractivity contribution in [2.45, 2.75) is 277 Å². The SMILES string of the molecule is CCCCCCCCCCCCCCCCCCCCCCCCCCCCCCC(=O)OCCCCCCCCCCCCCC. The lowest BCUT2D eigenvalue weighted by molar-refractivity contribution is -0.143. The first-order chi connectivity index (χ1) is 23.3. The summed E-state index contributed by atoms with van der Waals surface area (Å²) in [5.41, 5.74) is 0. The molecule has 0 amide bonds. The summed E-state index contributed by atoms with van der Waals surface area (Å²) >= 11 is 0. The van der Waals surface area contributed by atoms with Gasteiger partial charge in [-0.1, -0.05) is 258 Å². The van der Waals surface area contributed by atoms with Gasteiger partial charge in [0.25, 0.3) is 0 Å². The Bertz CT molecular complexity index is 558. The zero-order chi connectivity index (χ0) is 34.0. The van der Waals surface area contributed by atoms with Gasteiger partial charge in [0, 0.05) is 6.42 Å². The molecule has 0 rings (SSSR count). The number of esters is 1. The van der Waals surface area contributed by atoms with Crippen LogP contribution >= 0.6 is 0 Å². The average molecular weight is 663 g/mol. The molecule has 0 aliphatic carbocycles. The number of rotatable bonds is 42. The summed E-state index contributed by atoms with van der Waals surface area (Å²) in [6, 6.07) is 0. The Morgan fingerprint density at radius 1 is 0.277 bits per heavy atom. The average Bonchev–Trinajstić information content (AvgIpc) is 3.08. The van der Waals surface area contributed by atoms with E-state index in [2.05, 4.69) is 13.8 Å². The first-order valence-corrected chi connectivity index (χ1v) is 22.5. The zero-order valence-corrected chi connectivity index (χ0v) is 33.0. The molecule has 0 heterocycles. The summed E-state index contributed by atoms with van der Waals surface area (Å²) in [5.74, 6) is 0.0304. The summed E-state index contributed by atoms with van der Waals surface area (Å²) in [7, 11) is 0. The van der Waals surface area contributed by atoms with Crippen molar-refractivity contribution in [3.63, 3.8) is 0 Å². The molecule has 0 aromatic carbocycles. The molecule has 47 heavy (non-hydrogen) atoms. The van der Waals surface area contributed by atoms with Gasteiger partial charge >= 0.3 is 5.97 Å². The van der Waals surface area contributed by atoms with Crippen molar-refractivity contribution in [3.8, 4) is 0 Å². The van der Waals surface area contributed by atoms with E-state index in [0.29, 0.717) is 13.0 Å². The molecule has 0 bridgehead atoms. The van der Waals surface area contributed by atoms with Gasteiger partial charge in [0.05, 0.1) is 6.61 Å². The normalized spacial score (nSPS) is 11.4. The van der Waals surface area contributed by atoms with Crippen LogP contribution in [0.15, 0.2) is 0 Å². The summed E-state index contributed by atoms with van der Waals surface area (Å²) in [4.78, 5) is 12.0. The van der Waals surface area contributed by atoms with Crippen molar-refractivity contribution < 1.29 is 9.53 Å². The highest BCUT2D eigenvalue weighted by atomic mass is 16.5. The molecule has 0 spiro atoms. The van der Waals surface area contributed by atoms with Gasteiger partial charge in [-0.15, -0.1) is 0 Å². The quantitative estimate of drug-likeness (QED) is 0.0480. The maximum atomic E-state index is 12.0. The molecule has 0 saturated carbocycles. The second-order valence-corrected chi connectivity index (χ2v) is 15.4. The van der Waals surface area contributed by atoms with Gasteiger partial charge < -0.3 is 4.74 Å². The Kier molecular flexibility index (Phi) is 43.0. The largest absolute Gasteiger partial charge is 0.466 e. The van der Waals surface area contributed by atoms with E-state index >= 15 is 0 Å². The number of hydrogen-bond donors (Lipinski definition) is 0. The molecule has 0 saturated heterocycles. The number of carbonyl (C=O) groups is 1. The standard InChI is InChI=1S/C45H90O2/c1-3-5-7-9-11-13-15-17-18-19-20-21-22-23-24-25-26-27-28-29-30-31-32-33-35-37-39-41-43-45(46)47-44-42-40-38-36-34-16-14-12-10-8-6-4-2/h3-44H2,1-2H3. The molecule has 0 aromatic heterocycles. The van der Waals surface area contributed by atoms with Crippen LogP contribution in [0.4, 0.5) is 0 Å². The third-order valence-corrected chi connectivity index (χ3v) is 10.5. The molecule has 0 aliphatic heterocycles. The fraction of sp³-hybridized carbons (Fsp3) is 0.978. The maximum absolute atomic E-state index is 12.0. The number of hydrogen-bond acceptors (Lipinski definition) is 2. The summed E-state index contributed by atoms with van der Waals surface area (Å²) in [6.07, 6.45) is 56.5. The molecule has 2 heteroatoms. The third-order valence-electron chi connectivity index (χ3n) is 10.5. The molecule has 0 aromatic rings. The Morgan fingerprint density at radius 2 is 0.468 bits per heavy atom. The minimum atomic E-state index is 0.0304. The Morgan fingerprint density at radius 3 is 0.702 bits per heavy atom. The molecule has 0 atom stereocenters. The van der Waals surface area contributed by atoms with Gasteiger partial charge in [-0.25, -0.2) is 0 Å². The molecule has 282 valence electrons. The van der Waals surface area contributed by atoms with Gasteiger partial charge in [-0.3, -0.25) is 4.79 Å². The Balaban J connectivity index is 3.12. The molecule has 0 N–H and O–H groups in total. The monoisotopic (exact) mass is 663 g/mol. The van der Waals surface area contributed by atoms with Crippen LogP contribution in [0.1, 0.15) is 277 Å². The van der Waals surface area contributed by atoms with Crippen molar-refractivity contribution in [2.75, 3.05) is 6.61 Å². The fourth-order valence-corrected chi connectivity index (χ4v) is 7.14. The number of unbranched alkanes of at least 4 members (excludes halogenated alkanes) is 38. The van der Waals surface area contributed by atoms with Crippen LogP contribution in [-0.4, -0.2) is 12.6 Å². The summed E-state index contributed by atoms with van der Waals surface area (Å²) < 4.78 is 5.46. The second-order valence-electron chi connectivity index (χ2n) is 15.4. The summed E-state index contributed by atoms with van der Waals surface area (Å²) in [5, 5.41) is 0. The highest BCUT2D eigenvalue weighted by Gasteiger charge is 2.03. The molecule has 0 unspecified atom stereocenters. The van der Waals surface area contributed by atoms with Crippen LogP contribution in [0.25, 0.3) is 0 Å². The smallest absolute Gasteiger partial charge is 0.305 e. The molecular formula is C45H90O2. The predicted molar refractivity (Wildman–Crippen MR) is 212 cm³/mol. The first kappa shape index (κ1) is 46.5. The fourth-order valence-electron chi connectivity index (χ4n) is 7.14. The van der Waals surface area contributed by atoms with Gasteiger partial charge in [0.15, 0.2) is 0 Å². The molecule has 2 nitrogen and oxygen atoms in total. The lowest BCUT2D eigenvalue weighted by Gasteiger charge is -2.06. The van der Waals surface area contributed by atoms with Crippen LogP contribution < -0.4 is 0 Å². The second kappa shape index (κ2) is 43.5. The molecule has 0 aliphatic rings. The number of carbonyl (C=O) groups excluding carboxylic acids is 1. The summed E-state index contributed by atoms with van der Waals surface area (Å²) in [6.45, 7) is 5.22. The topological polar surface area (TPSA) is 26.3 Å². The van der Waals surface area contributed by atoms with E-state index in [1.807, 2.05) is 0 Å². The van der Waals surface area contributed by atoms with E-state index in [1.165, 1.54) is 244 Å². The van der Waals surface area contributed by atoms with E-state index in [1.54, 1.807) is 0 Å². The van der Waals surface area contributed by atoms with Crippen LogP contribution in [0.5, 0.6) is 0 Å². The predicted octanol–water partition coefficient (Wildman–Crippen LogP) is 16.6. The van der Waals surface area contributed by atoms with Crippen molar-refractivity contribution in [1.82, 2.24) is 0 Å². The highest BCUT2D eigenvalue weighted by molar-refractivity contribution is 5.69. The Hall–Kier alpha value is -0.530. The van der Waals surface area contributed by atoms with E-state index < -0.39 is 0 Å². The van der Waals surface area contributed by atoms with E-state index in [9.17, 15) is 4.79 Å². The van der Waals surface area contributed by atoms with Crippen molar-refractivity contribution in [2.24, 2.45) is 0 Å². The van der Waals surface area contributed by atoms with Crippen molar-refractivity contribution in [1.29, 1.82) is 0 Å². The molecular weight excluding hydrogens is 572 g/mol. The first-order valence-electron chi connectivity index (χ1n) is 22.5. The molecule has 0 fully saturated rings. The van der Waals surface area contributed by atoms with E-state index in [4.69, 9.17) is 4.74 Å². The third kappa shape index (κ3) is 43.4. The van der Waals surface area contributed by atoms with Gasteiger partial charge in [-0.05, 0) is 12.8 Å².